The molecule has 0 aliphatic carbocycles. The molecule has 0 N–H and O–H groups in total. The van der Waals surface area contributed by atoms with E-state index < -0.39 is 33.4 Å². The molecule has 1 saturated heterocycles. The van der Waals surface area contributed by atoms with Crippen LogP contribution in [0.2, 0.25) is 0 Å². The molecule has 0 bridgehead atoms. The summed E-state index contributed by atoms with van der Waals surface area (Å²) < 4.78 is 31.4. The number of anilines is 1. The summed E-state index contributed by atoms with van der Waals surface area (Å²) in [5.41, 5.74) is 5.51. The Labute approximate surface area is 252 Å². The Morgan fingerprint density at radius 3 is 2.17 bits per heavy atom. The molecule has 2 heterocycles. The van der Waals surface area contributed by atoms with Gasteiger partial charge in [0.15, 0.2) is 0 Å². The number of aryl methyl sites for hydroxylation is 3. The molecule has 42 heavy (non-hydrogen) atoms. The summed E-state index contributed by atoms with van der Waals surface area (Å²) >= 11 is 1.59. The zero-order valence-electron chi connectivity index (χ0n) is 25.4. The van der Waals surface area contributed by atoms with Crippen LogP contribution < -0.4 is 4.90 Å². The van der Waals surface area contributed by atoms with Crippen LogP contribution in [0.1, 0.15) is 61.4 Å². The molecule has 1 atom stereocenters. The van der Waals surface area contributed by atoms with Gasteiger partial charge in [-0.05, 0) is 119 Å². The van der Waals surface area contributed by atoms with Crippen LogP contribution in [-0.4, -0.2) is 41.1 Å². The zero-order chi connectivity index (χ0) is 30.7. The van der Waals surface area contributed by atoms with E-state index in [9.17, 15) is 18.0 Å². The van der Waals surface area contributed by atoms with Crippen molar-refractivity contribution >= 4 is 49.1 Å². The first-order chi connectivity index (χ1) is 19.7. The van der Waals surface area contributed by atoms with Crippen molar-refractivity contribution in [3.05, 3.63) is 76.3 Å². The van der Waals surface area contributed by atoms with E-state index in [2.05, 4.69) is 6.07 Å². The number of benzene rings is 3. The predicted molar refractivity (Wildman–Crippen MR) is 169 cm³/mol. The predicted octanol–water partition coefficient (Wildman–Crippen LogP) is 7.02. The number of thiazole rings is 1. The zero-order valence-corrected chi connectivity index (χ0v) is 27.0. The molecular formula is C33H37N3O4S2. The van der Waals surface area contributed by atoms with E-state index in [1.165, 1.54) is 9.87 Å². The van der Waals surface area contributed by atoms with Gasteiger partial charge in [0.25, 0.3) is 5.91 Å². The van der Waals surface area contributed by atoms with Gasteiger partial charge in [-0.25, -0.2) is 18.3 Å². The summed E-state index contributed by atoms with van der Waals surface area (Å²) in [7, 11) is -4.15. The second-order valence-corrected chi connectivity index (χ2v) is 14.7. The van der Waals surface area contributed by atoms with Crippen LogP contribution in [0.3, 0.4) is 0 Å². The Bertz CT molecular complexity index is 1810. The fourth-order valence-electron chi connectivity index (χ4n) is 5.72. The monoisotopic (exact) mass is 603 g/mol. The van der Waals surface area contributed by atoms with Crippen LogP contribution in [0.5, 0.6) is 0 Å². The molecule has 4 aromatic rings. The van der Waals surface area contributed by atoms with E-state index in [0.717, 1.165) is 36.8 Å². The van der Waals surface area contributed by atoms with Crippen molar-refractivity contribution in [3.63, 3.8) is 0 Å². The maximum atomic E-state index is 14.5. The van der Waals surface area contributed by atoms with E-state index in [1.54, 1.807) is 37.3 Å². The van der Waals surface area contributed by atoms with Gasteiger partial charge in [0.2, 0.25) is 15.9 Å². The van der Waals surface area contributed by atoms with E-state index in [1.807, 2.05) is 71.9 Å². The highest BCUT2D eigenvalue weighted by atomic mass is 32.2. The fraction of sp³-hybridized carbons (Fsp3) is 0.364. The highest BCUT2D eigenvalue weighted by Crippen LogP contribution is 2.39. The SMILES string of the molecule is CCC(C)(C)N(C1CC(=O)N(c2ccc(-c3nc4ccc(C)cc4s3)cc2)C1=O)S(=O)(=O)c1c(C)c(C)cc(C)c1C. The maximum absolute atomic E-state index is 14.5. The number of carbonyl (C=O) groups is 2. The van der Waals surface area contributed by atoms with Crippen LogP contribution in [0.15, 0.2) is 53.4 Å². The van der Waals surface area contributed by atoms with E-state index >= 15 is 0 Å². The minimum Gasteiger partial charge on any atom is -0.274 e. The summed E-state index contributed by atoms with van der Waals surface area (Å²) in [4.78, 5) is 33.5. The lowest BCUT2D eigenvalue weighted by molar-refractivity contribution is -0.122. The molecule has 1 aliphatic rings. The number of carbonyl (C=O) groups excluding carboxylic acids is 2. The van der Waals surface area contributed by atoms with Gasteiger partial charge in [0.05, 0.1) is 27.2 Å². The molecule has 3 aromatic carbocycles. The molecule has 5 rings (SSSR count). The number of amides is 2. The second kappa shape index (κ2) is 10.7. The third kappa shape index (κ3) is 4.97. The largest absolute Gasteiger partial charge is 0.274 e. The molecule has 9 heteroatoms. The average Bonchev–Trinajstić information content (AvgIpc) is 3.47. The lowest BCUT2D eigenvalue weighted by atomic mass is 10.00. The molecule has 0 saturated carbocycles. The summed E-state index contributed by atoms with van der Waals surface area (Å²) in [6.45, 7) is 14.9. The number of hydrogen-bond acceptors (Lipinski definition) is 6. The topological polar surface area (TPSA) is 87.7 Å². The van der Waals surface area contributed by atoms with Gasteiger partial charge in [0.1, 0.15) is 11.0 Å². The van der Waals surface area contributed by atoms with Crippen LogP contribution in [-0.2, 0) is 19.6 Å². The van der Waals surface area contributed by atoms with Gasteiger partial charge in [-0.1, -0.05) is 19.1 Å². The van der Waals surface area contributed by atoms with Crippen LogP contribution >= 0.6 is 11.3 Å². The minimum absolute atomic E-state index is 0.218. The van der Waals surface area contributed by atoms with E-state index in [4.69, 9.17) is 4.98 Å². The molecule has 220 valence electrons. The lowest BCUT2D eigenvalue weighted by Gasteiger charge is -2.40. The molecule has 2 amide bonds. The third-order valence-corrected chi connectivity index (χ3v) is 12.1. The quantitative estimate of drug-likeness (QED) is 0.212. The Morgan fingerprint density at radius 1 is 0.952 bits per heavy atom. The van der Waals surface area contributed by atoms with Crippen LogP contribution in [0, 0.1) is 34.6 Å². The van der Waals surface area contributed by atoms with Crippen molar-refractivity contribution in [1.82, 2.24) is 9.29 Å². The number of rotatable bonds is 7. The van der Waals surface area contributed by atoms with Gasteiger partial charge < -0.3 is 0 Å². The van der Waals surface area contributed by atoms with E-state index in [0.29, 0.717) is 23.2 Å². The lowest BCUT2D eigenvalue weighted by Crippen LogP contribution is -2.55. The highest BCUT2D eigenvalue weighted by molar-refractivity contribution is 7.89. The van der Waals surface area contributed by atoms with Gasteiger partial charge in [-0.15, -0.1) is 11.3 Å². The first-order valence-corrected chi connectivity index (χ1v) is 16.4. The smallest absolute Gasteiger partial charge is 0.252 e. The van der Waals surface area contributed by atoms with Crippen LogP contribution in [0.4, 0.5) is 5.69 Å². The molecule has 1 aromatic heterocycles. The van der Waals surface area contributed by atoms with Crippen molar-refractivity contribution in [2.75, 3.05) is 4.90 Å². The number of hydrogen-bond donors (Lipinski definition) is 0. The Kier molecular flexibility index (Phi) is 7.66. The van der Waals surface area contributed by atoms with Gasteiger partial charge >= 0.3 is 0 Å². The van der Waals surface area contributed by atoms with E-state index in [-0.39, 0.29) is 11.3 Å². The van der Waals surface area contributed by atoms with Crippen molar-refractivity contribution in [1.29, 1.82) is 0 Å². The van der Waals surface area contributed by atoms with Crippen LogP contribution in [0.25, 0.3) is 20.8 Å². The average molecular weight is 604 g/mol. The van der Waals surface area contributed by atoms with Gasteiger partial charge in [0, 0.05) is 11.1 Å². The number of imide groups is 1. The van der Waals surface area contributed by atoms with Gasteiger partial charge in [-0.2, -0.15) is 4.31 Å². The summed E-state index contributed by atoms with van der Waals surface area (Å²) in [6, 6.07) is 14.1. The molecule has 0 spiro atoms. The molecule has 1 unspecified atom stereocenters. The Morgan fingerprint density at radius 2 is 1.57 bits per heavy atom. The molecular weight excluding hydrogens is 567 g/mol. The standard InChI is InChI=1S/C33H37N3O4S2/c1-9-33(7,8)36(42(39,40)30-22(5)20(3)17-21(4)23(30)6)27-18-29(37)35(32(27)38)25-13-11-24(12-14-25)31-34-26-15-10-19(2)16-28(26)41-31/h10-17,27H,9,18H2,1-8H3. The first-order valence-electron chi connectivity index (χ1n) is 14.1. The molecule has 0 radical (unpaired) electrons. The molecule has 1 aliphatic heterocycles. The summed E-state index contributed by atoms with van der Waals surface area (Å²) in [5, 5.41) is 0.847. The van der Waals surface area contributed by atoms with Gasteiger partial charge in [-0.3, -0.25) is 9.59 Å². The second-order valence-electron chi connectivity index (χ2n) is 11.9. The normalized spacial score (nSPS) is 16.3. The fourth-order valence-corrected chi connectivity index (χ4v) is 9.36. The number of fused-ring (bicyclic) bond motifs is 1. The number of sulfonamides is 1. The first kappa shape index (κ1) is 30.1. The maximum Gasteiger partial charge on any atom is 0.252 e. The van der Waals surface area contributed by atoms with Crippen molar-refractivity contribution in [2.24, 2.45) is 0 Å². The Balaban J connectivity index is 1.52. The molecule has 1 fully saturated rings. The third-order valence-electron chi connectivity index (χ3n) is 8.60. The Hall–Kier alpha value is -3.40. The molecule has 7 nitrogen and oxygen atoms in total. The number of aromatic nitrogens is 1. The van der Waals surface area contributed by atoms with Crippen molar-refractivity contribution < 1.29 is 18.0 Å². The van der Waals surface area contributed by atoms with Crippen molar-refractivity contribution in [2.45, 2.75) is 84.7 Å². The highest BCUT2D eigenvalue weighted by Gasteiger charge is 2.52. The summed E-state index contributed by atoms with van der Waals surface area (Å²) in [5.74, 6) is -0.956. The minimum atomic E-state index is -4.15. The summed E-state index contributed by atoms with van der Waals surface area (Å²) in [6.07, 6.45) is 0.243. The number of nitrogens with zero attached hydrogens (tertiary/aromatic N) is 3. The van der Waals surface area contributed by atoms with Crippen molar-refractivity contribution in [3.8, 4) is 10.6 Å².